The van der Waals surface area contributed by atoms with Crippen LogP contribution in [-0.2, 0) is 14.3 Å². The SMILES string of the molecule is COc1c([C@H]2[C@H](C(=O)NC3=NC(C(N)=O)=CC=CS3)O[C@@](C)(C(F)(F)F)[C@H]2C)ccc(F)c1F. The minimum Gasteiger partial charge on any atom is -0.493 e. The number of rotatable bonds is 4. The lowest BCUT2D eigenvalue weighted by Gasteiger charge is -2.32. The van der Waals surface area contributed by atoms with Crippen molar-refractivity contribution < 1.29 is 41.0 Å². The Labute approximate surface area is 195 Å². The fourth-order valence-electron chi connectivity index (χ4n) is 3.82. The van der Waals surface area contributed by atoms with Crippen LogP contribution >= 0.6 is 11.8 Å². The zero-order valence-corrected chi connectivity index (χ0v) is 18.9. The Hall–Kier alpha value is -2.93. The van der Waals surface area contributed by atoms with Gasteiger partial charge in [0.15, 0.2) is 22.3 Å². The zero-order chi connectivity index (χ0) is 25.4. The van der Waals surface area contributed by atoms with Gasteiger partial charge >= 0.3 is 6.18 Å². The predicted octanol–water partition coefficient (Wildman–Crippen LogP) is 3.51. The van der Waals surface area contributed by atoms with E-state index < -0.39 is 58.9 Å². The van der Waals surface area contributed by atoms with Gasteiger partial charge in [-0.15, -0.1) is 0 Å². The standard InChI is InChI=1S/C21H20F5N3O4S/c1-9-13(10-6-7-11(22)14(23)15(10)32-3)16(33-20(9,2)21(24,25)26)18(31)29-19-28-12(17(27)30)5-4-8-34-19/h4-9,13,16H,1-3H3,(H2,27,30)(H,28,29,31)/t9-,13-,16+,20+/m0/s1. The molecule has 1 aromatic rings. The van der Waals surface area contributed by atoms with E-state index in [1.165, 1.54) is 24.5 Å². The van der Waals surface area contributed by atoms with Gasteiger partial charge in [-0.25, -0.2) is 9.38 Å². The van der Waals surface area contributed by atoms with Crippen LogP contribution in [0.4, 0.5) is 22.0 Å². The minimum atomic E-state index is -4.90. The largest absolute Gasteiger partial charge is 0.493 e. The summed E-state index contributed by atoms with van der Waals surface area (Å²) in [5.74, 6) is -8.03. The average molecular weight is 505 g/mol. The number of aliphatic imine (C=N–C) groups is 1. The van der Waals surface area contributed by atoms with Crippen LogP contribution in [0.1, 0.15) is 25.3 Å². The highest BCUT2D eigenvalue weighted by Crippen LogP contribution is 2.54. The summed E-state index contributed by atoms with van der Waals surface area (Å²) in [5.41, 5.74) is 2.04. The third-order valence-corrected chi connectivity index (χ3v) is 6.50. The number of nitrogens with zero attached hydrogens (tertiary/aromatic N) is 1. The molecule has 2 heterocycles. The molecule has 0 saturated carbocycles. The summed E-state index contributed by atoms with van der Waals surface area (Å²) < 4.78 is 80.3. The first-order valence-electron chi connectivity index (χ1n) is 9.81. The second-order valence-electron chi connectivity index (χ2n) is 7.71. The number of amidine groups is 1. The molecule has 13 heteroatoms. The Morgan fingerprint density at radius 2 is 1.97 bits per heavy atom. The molecule has 2 aliphatic rings. The number of ether oxygens (including phenoxy) is 2. The number of alkyl halides is 3. The highest BCUT2D eigenvalue weighted by molar-refractivity contribution is 8.16. The van der Waals surface area contributed by atoms with E-state index in [0.717, 1.165) is 37.9 Å². The number of amides is 2. The normalized spacial score (nSPS) is 27.0. The van der Waals surface area contributed by atoms with Crippen LogP contribution in [0.25, 0.3) is 0 Å². The van der Waals surface area contributed by atoms with Crippen LogP contribution in [0.5, 0.6) is 5.75 Å². The number of hydrogen-bond acceptors (Lipinski definition) is 6. The molecule has 0 bridgehead atoms. The van der Waals surface area contributed by atoms with Gasteiger partial charge in [0, 0.05) is 17.4 Å². The number of primary amides is 1. The average Bonchev–Trinajstić information content (AvgIpc) is 2.90. The molecule has 2 aliphatic heterocycles. The van der Waals surface area contributed by atoms with Crippen LogP contribution in [-0.4, -0.2) is 42.0 Å². The van der Waals surface area contributed by atoms with Gasteiger partial charge in [0.2, 0.25) is 5.82 Å². The Balaban J connectivity index is 2.06. The van der Waals surface area contributed by atoms with E-state index in [1.807, 2.05) is 0 Å². The lowest BCUT2D eigenvalue weighted by Crippen LogP contribution is -2.47. The molecule has 7 nitrogen and oxygen atoms in total. The summed E-state index contributed by atoms with van der Waals surface area (Å²) in [6.07, 6.45) is -3.96. The van der Waals surface area contributed by atoms with E-state index in [2.05, 4.69) is 10.3 Å². The van der Waals surface area contributed by atoms with Gasteiger partial charge in [0.1, 0.15) is 11.8 Å². The highest BCUT2D eigenvalue weighted by atomic mass is 32.2. The summed E-state index contributed by atoms with van der Waals surface area (Å²) in [6.45, 7) is 1.97. The summed E-state index contributed by atoms with van der Waals surface area (Å²) in [5, 5.41) is 3.65. The molecule has 0 radical (unpaired) electrons. The number of nitrogens with one attached hydrogen (secondary N) is 1. The fraction of sp³-hybridized carbons (Fsp3) is 0.381. The van der Waals surface area contributed by atoms with E-state index in [4.69, 9.17) is 15.2 Å². The van der Waals surface area contributed by atoms with Crippen molar-refractivity contribution in [2.45, 2.75) is 37.6 Å². The third-order valence-electron chi connectivity index (χ3n) is 5.79. The van der Waals surface area contributed by atoms with Crippen molar-refractivity contribution in [3.63, 3.8) is 0 Å². The molecule has 1 aromatic carbocycles. The second-order valence-corrected chi connectivity index (χ2v) is 8.60. The second kappa shape index (κ2) is 9.37. The van der Waals surface area contributed by atoms with Gasteiger partial charge in [0.05, 0.1) is 7.11 Å². The lowest BCUT2D eigenvalue weighted by atomic mass is 9.77. The van der Waals surface area contributed by atoms with E-state index in [1.54, 1.807) is 0 Å². The Morgan fingerprint density at radius 3 is 2.56 bits per heavy atom. The van der Waals surface area contributed by atoms with Gasteiger partial charge in [-0.2, -0.15) is 17.6 Å². The molecule has 0 spiro atoms. The number of benzene rings is 1. The molecule has 4 atom stereocenters. The molecular weight excluding hydrogens is 485 g/mol. The molecule has 2 amide bonds. The van der Waals surface area contributed by atoms with Crippen LogP contribution in [0.2, 0.25) is 0 Å². The summed E-state index contributed by atoms with van der Waals surface area (Å²) in [4.78, 5) is 28.5. The molecule has 184 valence electrons. The van der Waals surface area contributed by atoms with Gasteiger partial charge in [-0.05, 0) is 24.5 Å². The number of carbonyl (C=O) groups is 2. The number of hydrogen-bond donors (Lipinski definition) is 2. The van der Waals surface area contributed by atoms with Crippen molar-refractivity contribution >= 4 is 28.7 Å². The molecular formula is C21H20F5N3O4S. The summed E-state index contributed by atoms with van der Waals surface area (Å²) >= 11 is 0.873. The number of halogens is 5. The first-order chi connectivity index (χ1) is 15.8. The zero-order valence-electron chi connectivity index (χ0n) is 18.1. The van der Waals surface area contributed by atoms with Gasteiger partial charge < -0.3 is 20.5 Å². The van der Waals surface area contributed by atoms with Crippen molar-refractivity contribution in [3.05, 3.63) is 52.6 Å². The molecule has 3 rings (SSSR count). The monoisotopic (exact) mass is 505 g/mol. The minimum absolute atomic E-state index is 0.142. The van der Waals surface area contributed by atoms with Gasteiger partial charge in [0.25, 0.3) is 11.8 Å². The van der Waals surface area contributed by atoms with E-state index in [0.29, 0.717) is 0 Å². The third kappa shape index (κ3) is 4.53. The van der Waals surface area contributed by atoms with Crippen molar-refractivity contribution in [2.24, 2.45) is 16.6 Å². The van der Waals surface area contributed by atoms with E-state index in [-0.39, 0.29) is 16.4 Å². The predicted molar refractivity (Wildman–Crippen MR) is 114 cm³/mol. The maximum absolute atomic E-state index is 14.4. The van der Waals surface area contributed by atoms with Gasteiger partial charge in [-0.3, -0.25) is 9.59 Å². The summed E-state index contributed by atoms with van der Waals surface area (Å²) in [7, 11) is 1.03. The smallest absolute Gasteiger partial charge is 0.417 e. The molecule has 1 fully saturated rings. The first-order valence-corrected chi connectivity index (χ1v) is 10.7. The number of nitrogens with two attached hydrogens (primary N) is 1. The lowest BCUT2D eigenvalue weighted by molar-refractivity contribution is -0.272. The molecule has 0 aromatic heterocycles. The Bertz CT molecular complexity index is 1100. The van der Waals surface area contributed by atoms with Crippen molar-refractivity contribution in [2.75, 3.05) is 7.11 Å². The highest BCUT2D eigenvalue weighted by Gasteiger charge is 2.66. The Morgan fingerprint density at radius 1 is 1.29 bits per heavy atom. The number of methoxy groups -OCH3 is 1. The van der Waals surface area contributed by atoms with Gasteiger partial charge in [-0.1, -0.05) is 30.8 Å². The topological polar surface area (TPSA) is 103 Å². The van der Waals surface area contributed by atoms with Crippen LogP contribution < -0.4 is 15.8 Å². The van der Waals surface area contributed by atoms with E-state index in [9.17, 15) is 31.5 Å². The number of carbonyl (C=O) groups excluding carboxylic acids is 2. The summed E-state index contributed by atoms with van der Waals surface area (Å²) in [6, 6.07) is 1.79. The quantitative estimate of drug-likeness (QED) is 0.610. The van der Waals surface area contributed by atoms with E-state index >= 15 is 0 Å². The molecule has 1 saturated heterocycles. The Kier molecular flexibility index (Phi) is 7.08. The van der Waals surface area contributed by atoms with Crippen molar-refractivity contribution in [1.29, 1.82) is 0 Å². The van der Waals surface area contributed by atoms with Crippen LogP contribution in [0.15, 0.2) is 40.4 Å². The number of thioether (sulfide) groups is 1. The van der Waals surface area contributed by atoms with Crippen molar-refractivity contribution in [3.8, 4) is 5.75 Å². The maximum Gasteiger partial charge on any atom is 0.417 e. The van der Waals surface area contributed by atoms with Crippen LogP contribution in [0, 0.1) is 17.6 Å². The molecule has 3 N–H and O–H groups in total. The van der Waals surface area contributed by atoms with Crippen LogP contribution in [0.3, 0.4) is 0 Å². The molecule has 34 heavy (non-hydrogen) atoms. The maximum atomic E-state index is 14.4. The molecule has 0 unspecified atom stereocenters. The van der Waals surface area contributed by atoms with Crippen molar-refractivity contribution in [1.82, 2.24) is 5.32 Å². The first kappa shape index (κ1) is 25.7. The fourth-order valence-corrected chi connectivity index (χ4v) is 4.42. The number of allylic oxidation sites excluding steroid dienone is 2. The molecule has 0 aliphatic carbocycles.